The summed E-state index contributed by atoms with van der Waals surface area (Å²) < 4.78 is 17.2. The smallest absolute Gasteiger partial charge is 0.255 e. The highest BCUT2D eigenvalue weighted by atomic mass is 32.1. The molecule has 8 heteroatoms. The van der Waals surface area contributed by atoms with Gasteiger partial charge in [0.1, 0.15) is 15.4 Å². The van der Waals surface area contributed by atoms with Gasteiger partial charge in [-0.3, -0.25) is 4.79 Å². The van der Waals surface area contributed by atoms with E-state index in [0.717, 1.165) is 26.5 Å². The first-order chi connectivity index (χ1) is 16.5. The van der Waals surface area contributed by atoms with E-state index >= 15 is 0 Å². The molecule has 0 fully saturated rings. The van der Waals surface area contributed by atoms with E-state index in [9.17, 15) is 4.79 Å². The van der Waals surface area contributed by atoms with E-state index in [0.29, 0.717) is 48.3 Å². The molecule has 0 aliphatic heterocycles. The highest BCUT2D eigenvalue weighted by molar-refractivity contribution is 7.21. The monoisotopic (exact) mass is 477 g/mol. The Labute approximate surface area is 202 Å². The second-order valence-electron chi connectivity index (χ2n) is 7.38. The molecule has 4 aromatic rings. The number of pyridine rings is 1. The van der Waals surface area contributed by atoms with Gasteiger partial charge in [-0.15, -0.1) is 0 Å². The van der Waals surface area contributed by atoms with Crippen molar-refractivity contribution in [2.75, 3.05) is 25.1 Å². The van der Waals surface area contributed by atoms with Gasteiger partial charge in [0.2, 0.25) is 5.75 Å². The van der Waals surface area contributed by atoms with Crippen molar-refractivity contribution in [3.8, 4) is 27.8 Å². The van der Waals surface area contributed by atoms with Crippen LogP contribution in [0.1, 0.15) is 36.7 Å². The predicted octanol–water partition coefficient (Wildman–Crippen LogP) is 6.12. The number of hydrogen-bond donors (Lipinski definition) is 1. The van der Waals surface area contributed by atoms with Crippen molar-refractivity contribution in [3.05, 3.63) is 59.8 Å². The predicted molar refractivity (Wildman–Crippen MR) is 135 cm³/mol. The van der Waals surface area contributed by atoms with Crippen LogP contribution >= 0.6 is 11.3 Å². The molecule has 0 aliphatic rings. The van der Waals surface area contributed by atoms with Crippen LogP contribution in [0.3, 0.4) is 0 Å². The zero-order valence-electron chi connectivity index (χ0n) is 19.7. The number of rotatable bonds is 9. The Morgan fingerprint density at radius 2 is 1.68 bits per heavy atom. The maximum Gasteiger partial charge on any atom is 0.255 e. The molecule has 0 bridgehead atoms. The highest BCUT2D eigenvalue weighted by Gasteiger charge is 2.20. The Bertz CT molecular complexity index is 1260. The Balaban J connectivity index is 1.67. The Morgan fingerprint density at radius 3 is 2.32 bits per heavy atom. The standard InChI is InChI=1S/C26H27N3O4S/c1-5-31-21-14-17(15-22(32-6-2)23(21)33-7-3)24(30)28-19-11-8-10-18(16(19)4)25-29-20-12-9-13-27-26(20)34-25/h8-15H,5-7H2,1-4H3,(H,28,30). The maximum atomic E-state index is 13.3. The van der Waals surface area contributed by atoms with Crippen molar-refractivity contribution in [1.82, 2.24) is 9.97 Å². The summed E-state index contributed by atoms with van der Waals surface area (Å²) in [6, 6.07) is 13.0. The van der Waals surface area contributed by atoms with Gasteiger partial charge in [-0.25, -0.2) is 9.97 Å². The fourth-order valence-corrected chi connectivity index (χ4v) is 4.59. The summed E-state index contributed by atoms with van der Waals surface area (Å²) in [5.74, 6) is 1.20. The molecule has 34 heavy (non-hydrogen) atoms. The van der Waals surface area contributed by atoms with Gasteiger partial charge in [-0.05, 0) is 63.6 Å². The molecule has 0 atom stereocenters. The highest BCUT2D eigenvalue weighted by Crippen LogP contribution is 2.40. The molecule has 2 aromatic carbocycles. The summed E-state index contributed by atoms with van der Waals surface area (Å²) in [6.45, 7) is 8.97. The zero-order valence-corrected chi connectivity index (χ0v) is 20.5. The minimum atomic E-state index is -0.267. The molecule has 7 nitrogen and oxygen atoms in total. The SMILES string of the molecule is CCOc1cc(C(=O)Nc2cccc(-c3nc4cccnc4s3)c2C)cc(OCC)c1OCC. The summed E-state index contributed by atoms with van der Waals surface area (Å²) in [7, 11) is 0. The number of thiazole rings is 1. The Kier molecular flexibility index (Phi) is 7.27. The maximum absolute atomic E-state index is 13.3. The molecular formula is C26H27N3O4S. The van der Waals surface area contributed by atoms with Crippen molar-refractivity contribution in [2.45, 2.75) is 27.7 Å². The summed E-state index contributed by atoms with van der Waals surface area (Å²) in [5.41, 5.74) is 3.87. The van der Waals surface area contributed by atoms with Crippen LogP contribution in [-0.4, -0.2) is 35.7 Å². The first-order valence-corrected chi connectivity index (χ1v) is 12.1. The minimum Gasteiger partial charge on any atom is -0.490 e. The lowest BCUT2D eigenvalue weighted by molar-refractivity contribution is 0.102. The number of amides is 1. The summed E-state index contributed by atoms with van der Waals surface area (Å²) in [6.07, 6.45) is 1.76. The van der Waals surface area contributed by atoms with Gasteiger partial charge in [0.15, 0.2) is 11.5 Å². The average molecular weight is 478 g/mol. The van der Waals surface area contributed by atoms with E-state index in [1.165, 1.54) is 11.3 Å². The summed E-state index contributed by atoms with van der Waals surface area (Å²) in [5, 5.41) is 3.89. The van der Waals surface area contributed by atoms with Crippen molar-refractivity contribution >= 4 is 33.3 Å². The van der Waals surface area contributed by atoms with Crippen molar-refractivity contribution < 1.29 is 19.0 Å². The molecule has 2 heterocycles. The third-order valence-electron chi connectivity index (χ3n) is 5.15. The number of carbonyl (C=O) groups is 1. The van der Waals surface area contributed by atoms with E-state index < -0.39 is 0 Å². The lowest BCUT2D eigenvalue weighted by atomic mass is 10.1. The van der Waals surface area contributed by atoms with E-state index in [-0.39, 0.29) is 5.91 Å². The van der Waals surface area contributed by atoms with Gasteiger partial charge in [0, 0.05) is 23.0 Å². The second-order valence-corrected chi connectivity index (χ2v) is 8.36. The molecule has 1 N–H and O–H groups in total. The topological polar surface area (TPSA) is 82.6 Å². The van der Waals surface area contributed by atoms with E-state index in [1.54, 1.807) is 18.3 Å². The number of benzene rings is 2. The molecule has 0 unspecified atom stereocenters. The molecular weight excluding hydrogens is 450 g/mol. The minimum absolute atomic E-state index is 0.267. The van der Waals surface area contributed by atoms with Crippen LogP contribution < -0.4 is 19.5 Å². The van der Waals surface area contributed by atoms with Gasteiger partial charge < -0.3 is 19.5 Å². The van der Waals surface area contributed by atoms with Crippen molar-refractivity contribution in [1.29, 1.82) is 0 Å². The molecule has 0 saturated heterocycles. The molecule has 2 aromatic heterocycles. The number of ether oxygens (including phenoxy) is 3. The number of fused-ring (bicyclic) bond motifs is 1. The van der Waals surface area contributed by atoms with E-state index in [4.69, 9.17) is 19.2 Å². The molecule has 0 spiro atoms. The summed E-state index contributed by atoms with van der Waals surface area (Å²) >= 11 is 1.53. The number of aromatic nitrogens is 2. The lowest BCUT2D eigenvalue weighted by Gasteiger charge is -2.17. The van der Waals surface area contributed by atoms with Crippen molar-refractivity contribution in [2.24, 2.45) is 0 Å². The number of nitrogens with zero attached hydrogens (tertiary/aromatic N) is 2. The van der Waals surface area contributed by atoms with Crippen LogP contribution in [0, 0.1) is 6.92 Å². The zero-order chi connectivity index (χ0) is 24.1. The molecule has 4 rings (SSSR count). The van der Waals surface area contributed by atoms with Crippen LogP contribution in [0.25, 0.3) is 20.9 Å². The van der Waals surface area contributed by atoms with Gasteiger partial charge in [-0.2, -0.15) is 0 Å². The number of hydrogen-bond acceptors (Lipinski definition) is 7. The van der Waals surface area contributed by atoms with Crippen LogP contribution in [0.5, 0.6) is 17.2 Å². The second kappa shape index (κ2) is 10.5. The van der Waals surface area contributed by atoms with Crippen LogP contribution in [0.15, 0.2) is 48.7 Å². The Morgan fingerprint density at radius 1 is 0.971 bits per heavy atom. The van der Waals surface area contributed by atoms with Crippen LogP contribution in [0.2, 0.25) is 0 Å². The fourth-order valence-electron chi connectivity index (χ4n) is 3.60. The fraction of sp³-hybridized carbons (Fsp3) is 0.269. The number of carbonyl (C=O) groups excluding carboxylic acids is 1. The van der Waals surface area contributed by atoms with Crippen molar-refractivity contribution in [3.63, 3.8) is 0 Å². The van der Waals surface area contributed by atoms with Gasteiger partial charge in [-0.1, -0.05) is 23.5 Å². The molecule has 0 radical (unpaired) electrons. The van der Waals surface area contributed by atoms with E-state index in [2.05, 4.69) is 10.3 Å². The first kappa shape index (κ1) is 23.5. The largest absolute Gasteiger partial charge is 0.490 e. The van der Waals surface area contributed by atoms with Gasteiger partial charge >= 0.3 is 0 Å². The lowest BCUT2D eigenvalue weighted by Crippen LogP contribution is -2.14. The third kappa shape index (κ3) is 4.82. The quantitative estimate of drug-likeness (QED) is 0.313. The van der Waals surface area contributed by atoms with E-state index in [1.807, 2.05) is 58.0 Å². The first-order valence-electron chi connectivity index (χ1n) is 11.2. The average Bonchev–Trinajstić information content (AvgIpc) is 3.26. The molecule has 0 saturated carbocycles. The molecule has 176 valence electrons. The normalized spacial score (nSPS) is 10.8. The summed E-state index contributed by atoms with van der Waals surface area (Å²) in [4.78, 5) is 23.2. The number of nitrogens with one attached hydrogen (secondary N) is 1. The molecule has 1 amide bonds. The van der Waals surface area contributed by atoms with Gasteiger partial charge in [0.25, 0.3) is 5.91 Å². The van der Waals surface area contributed by atoms with Gasteiger partial charge in [0.05, 0.1) is 19.8 Å². The number of anilines is 1. The Hall–Kier alpha value is -3.65. The van der Waals surface area contributed by atoms with Crippen LogP contribution in [-0.2, 0) is 0 Å². The van der Waals surface area contributed by atoms with Crippen LogP contribution in [0.4, 0.5) is 5.69 Å². The molecule has 0 aliphatic carbocycles. The third-order valence-corrected chi connectivity index (χ3v) is 6.16.